The number of unbranched alkanes of at least 4 members (excludes halogenated alkanes) is 3. The van der Waals surface area contributed by atoms with Crippen molar-refractivity contribution in [2.24, 2.45) is 0 Å². The molecule has 0 atom stereocenters. The van der Waals surface area contributed by atoms with Crippen molar-refractivity contribution >= 4 is 44.4 Å². The summed E-state index contributed by atoms with van der Waals surface area (Å²) in [6.07, 6.45) is 7.84. The minimum absolute atomic E-state index is 0.240. The average molecular weight is 515 g/mol. The van der Waals surface area contributed by atoms with Gasteiger partial charge in [-0.05, 0) is 42.3 Å². The summed E-state index contributed by atoms with van der Waals surface area (Å²) in [7, 11) is 1.62. The fraction of sp³-hybridized carbons (Fsp3) is 0.280. The number of nitrogens with one attached hydrogen (secondary N) is 1. The molecule has 0 unspecified atom stereocenters. The van der Waals surface area contributed by atoms with Gasteiger partial charge in [-0.25, -0.2) is 4.98 Å². The van der Waals surface area contributed by atoms with Gasteiger partial charge in [0.15, 0.2) is 16.6 Å². The molecule has 3 aromatic rings. The van der Waals surface area contributed by atoms with Crippen molar-refractivity contribution in [3.63, 3.8) is 0 Å². The Labute approximate surface area is 201 Å². The van der Waals surface area contributed by atoms with Crippen LogP contribution in [0.1, 0.15) is 38.2 Å². The molecule has 7 heteroatoms. The van der Waals surface area contributed by atoms with Gasteiger partial charge in [-0.15, -0.1) is 11.3 Å². The van der Waals surface area contributed by atoms with Gasteiger partial charge >= 0.3 is 0 Å². The molecule has 5 nitrogen and oxygen atoms in total. The van der Waals surface area contributed by atoms with Crippen LogP contribution >= 0.6 is 27.3 Å². The molecule has 0 spiro atoms. The number of thiazole rings is 1. The van der Waals surface area contributed by atoms with Crippen LogP contribution in [0.4, 0.5) is 5.13 Å². The maximum atomic E-state index is 12.3. The van der Waals surface area contributed by atoms with Crippen LogP contribution in [0, 0.1) is 0 Å². The zero-order valence-corrected chi connectivity index (χ0v) is 20.7. The molecule has 0 aliphatic rings. The Hall–Kier alpha value is -2.64. The lowest BCUT2D eigenvalue weighted by molar-refractivity contribution is -0.111. The molecule has 0 saturated carbocycles. The van der Waals surface area contributed by atoms with Crippen LogP contribution in [0.15, 0.2) is 58.4 Å². The summed E-state index contributed by atoms with van der Waals surface area (Å²) < 4.78 is 12.3. The first-order chi connectivity index (χ1) is 15.6. The summed E-state index contributed by atoms with van der Waals surface area (Å²) in [4.78, 5) is 16.8. The molecule has 168 valence electrons. The molecule has 32 heavy (non-hydrogen) atoms. The van der Waals surface area contributed by atoms with E-state index in [4.69, 9.17) is 9.47 Å². The van der Waals surface area contributed by atoms with Crippen molar-refractivity contribution in [1.29, 1.82) is 0 Å². The maximum Gasteiger partial charge on any atom is 0.250 e. The van der Waals surface area contributed by atoms with Gasteiger partial charge in [-0.1, -0.05) is 60.3 Å². The lowest BCUT2D eigenvalue weighted by Crippen LogP contribution is -2.07. The lowest BCUT2D eigenvalue weighted by Gasteiger charge is -2.11. The average Bonchev–Trinajstić information content (AvgIpc) is 3.26. The van der Waals surface area contributed by atoms with Gasteiger partial charge in [0.05, 0.1) is 19.4 Å². The van der Waals surface area contributed by atoms with E-state index >= 15 is 0 Å². The minimum atomic E-state index is -0.240. The number of nitrogens with zero attached hydrogens (tertiary/aromatic N) is 1. The fourth-order valence-corrected chi connectivity index (χ4v) is 4.17. The number of halogens is 1. The predicted molar refractivity (Wildman–Crippen MR) is 136 cm³/mol. The predicted octanol–water partition coefficient (Wildman–Crippen LogP) is 7.19. The van der Waals surface area contributed by atoms with Gasteiger partial charge in [0, 0.05) is 21.5 Å². The second-order valence-corrected chi connectivity index (χ2v) is 8.96. The van der Waals surface area contributed by atoms with Crippen molar-refractivity contribution in [2.45, 2.75) is 32.6 Å². The Bertz CT molecular complexity index is 1060. The number of rotatable bonds is 11. The summed E-state index contributed by atoms with van der Waals surface area (Å²) in [6, 6.07) is 13.5. The Morgan fingerprint density at radius 3 is 2.81 bits per heavy atom. The Kier molecular flexibility index (Phi) is 9.31. The quantitative estimate of drug-likeness (QED) is 0.217. The summed E-state index contributed by atoms with van der Waals surface area (Å²) in [5.74, 6) is 1.13. The third-order valence-electron chi connectivity index (χ3n) is 4.72. The summed E-state index contributed by atoms with van der Waals surface area (Å²) in [5, 5.41) is 5.29. The standard InChI is InChI=1S/C25H27BrN2O3S/c1-3-4-5-6-14-31-22-12-10-18(15-23(22)30-2)11-13-24(29)28-25-27-21(17-32-25)19-8-7-9-20(26)16-19/h7-13,15-17H,3-6,14H2,1-2H3,(H,27,28,29). The molecule has 1 heterocycles. The first kappa shape index (κ1) is 24.0. The van der Waals surface area contributed by atoms with Crippen LogP contribution in [-0.2, 0) is 4.79 Å². The van der Waals surface area contributed by atoms with Gasteiger partial charge in [-0.2, -0.15) is 0 Å². The molecule has 1 N–H and O–H groups in total. The Balaban J connectivity index is 1.57. The zero-order chi connectivity index (χ0) is 22.8. The Morgan fingerprint density at radius 2 is 2.03 bits per heavy atom. The maximum absolute atomic E-state index is 12.3. The van der Waals surface area contributed by atoms with E-state index in [1.807, 2.05) is 47.8 Å². The van der Waals surface area contributed by atoms with Crippen LogP contribution in [0.5, 0.6) is 11.5 Å². The molecular formula is C25H27BrN2O3S. The molecule has 0 bridgehead atoms. The molecule has 0 aliphatic carbocycles. The van der Waals surface area contributed by atoms with Crippen LogP contribution in [-0.4, -0.2) is 24.6 Å². The molecule has 0 fully saturated rings. The van der Waals surface area contributed by atoms with E-state index in [1.165, 1.54) is 30.3 Å². The largest absolute Gasteiger partial charge is 0.493 e. The van der Waals surface area contributed by atoms with Crippen molar-refractivity contribution < 1.29 is 14.3 Å². The third-order valence-corrected chi connectivity index (χ3v) is 5.98. The fourth-order valence-electron chi connectivity index (χ4n) is 3.05. The monoisotopic (exact) mass is 514 g/mol. The zero-order valence-electron chi connectivity index (χ0n) is 18.3. The third kappa shape index (κ3) is 7.21. The van der Waals surface area contributed by atoms with E-state index < -0.39 is 0 Å². The summed E-state index contributed by atoms with van der Waals surface area (Å²) in [6.45, 7) is 2.86. The van der Waals surface area contributed by atoms with E-state index in [0.717, 1.165) is 34.1 Å². The summed E-state index contributed by atoms with van der Waals surface area (Å²) >= 11 is 4.86. The van der Waals surface area contributed by atoms with Crippen molar-refractivity contribution in [2.75, 3.05) is 19.0 Å². The normalized spacial score (nSPS) is 11.0. The number of carbonyl (C=O) groups excluding carboxylic acids is 1. The first-order valence-electron chi connectivity index (χ1n) is 10.6. The second-order valence-electron chi connectivity index (χ2n) is 7.19. The minimum Gasteiger partial charge on any atom is -0.493 e. The van der Waals surface area contributed by atoms with Gasteiger partial charge in [0.2, 0.25) is 5.91 Å². The van der Waals surface area contributed by atoms with Crippen LogP contribution in [0.2, 0.25) is 0 Å². The first-order valence-corrected chi connectivity index (χ1v) is 12.3. The topological polar surface area (TPSA) is 60.5 Å². The number of hydrogen-bond donors (Lipinski definition) is 1. The Morgan fingerprint density at radius 1 is 1.16 bits per heavy atom. The van der Waals surface area contributed by atoms with Crippen LogP contribution in [0.3, 0.4) is 0 Å². The van der Waals surface area contributed by atoms with E-state index in [0.29, 0.717) is 23.2 Å². The number of benzene rings is 2. The van der Waals surface area contributed by atoms with E-state index in [-0.39, 0.29) is 5.91 Å². The number of aromatic nitrogens is 1. The summed E-state index contributed by atoms with van der Waals surface area (Å²) in [5.41, 5.74) is 2.67. The number of ether oxygens (including phenoxy) is 2. The molecule has 0 radical (unpaired) electrons. The number of hydrogen-bond acceptors (Lipinski definition) is 5. The number of methoxy groups -OCH3 is 1. The van der Waals surface area contributed by atoms with Crippen molar-refractivity contribution in [3.8, 4) is 22.8 Å². The van der Waals surface area contributed by atoms with E-state index in [2.05, 4.69) is 33.2 Å². The van der Waals surface area contributed by atoms with Crippen LogP contribution < -0.4 is 14.8 Å². The molecule has 0 aliphatic heterocycles. The van der Waals surface area contributed by atoms with E-state index in [9.17, 15) is 4.79 Å². The van der Waals surface area contributed by atoms with Crippen molar-refractivity contribution in [3.05, 3.63) is 64.0 Å². The molecule has 1 amide bonds. The van der Waals surface area contributed by atoms with Gasteiger partial charge < -0.3 is 9.47 Å². The lowest BCUT2D eigenvalue weighted by atomic mass is 10.2. The number of amides is 1. The molecule has 1 aromatic heterocycles. The van der Waals surface area contributed by atoms with Gasteiger partial charge in [-0.3, -0.25) is 10.1 Å². The molecule has 2 aromatic carbocycles. The second kappa shape index (κ2) is 12.4. The van der Waals surface area contributed by atoms with Gasteiger partial charge in [0.1, 0.15) is 0 Å². The smallest absolute Gasteiger partial charge is 0.250 e. The van der Waals surface area contributed by atoms with Gasteiger partial charge in [0.25, 0.3) is 0 Å². The highest BCUT2D eigenvalue weighted by Crippen LogP contribution is 2.29. The SMILES string of the molecule is CCCCCCOc1ccc(C=CC(=O)Nc2nc(-c3cccc(Br)c3)cs2)cc1OC. The van der Waals surface area contributed by atoms with Crippen LogP contribution in [0.25, 0.3) is 17.3 Å². The van der Waals surface area contributed by atoms with Crippen molar-refractivity contribution in [1.82, 2.24) is 4.98 Å². The van der Waals surface area contributed by atoms with E-state index in [1.54, 1.807) is 13.2 Å². The number of carbonyl (C=O) groups is 1. The highest BCUT2D eigenvalue weighted by atomic mass is 79.9. The molecule has 3 rings (SSSR count). The molecular weight excluding hydrogens is 488 g/mol. The molecule has 0 saturated heterocycles. The highest BCUT2D eigenvalue weighted by molar-refractivity contribution is 9.10. The highest BCUT2D eigenvalue weighted by Gasteiger charge is 2.08. The number of anilines is 1.